The lowest BCUT2D eigenvalue weighted by molar-refractivity contribution is -0.148. The van der Waals surface area contributed by atoms with Crippen LogP contribution in [0.4, 0.5) is 0 Å². The summed E-state index contributed by atoms with van der Waals surface area (Å²) in [6, 6.07) is 11.6. The van der Waals surface area contributed by atoms with Crippen LogP contribution in [0.5, 0.6) is 0 Å². The first kappa shape index (κ1) is 17.9. The second kappa shape index (κ2) is 7.96. The van der Waals surface area contributed by atoms with Crippen molar-refractivity contribution < 1.29 is 14.3 Å². The monoisotopic (exact) mass is 351 g/mol. The standard InChI is InChI=1S/C20H21N3O3/c21-14-20(9-2-1-3-10-20)23-17(24)13-26-18(25)12-16-7-4-6-15-8-5-11-22-19(15)16/h4-8,11H,1-3,9-10,12-13H2,(H,23,24). The first-order chi connectivity index (χ1) is 12.6. The van der Waals surface area contributed by atoms with Gasteiger partial charge in [-0.25, -0.2) is 0 Å². The van der Waals surface area contributed by atoms with E-state index in [0.717, 1.165) is 35.7 Å². The van der Waals surface area contributed by atoms with E-state index in [1.165, 1.54) is 0 Å². The lowest BCUT2D eigenvalue weighted by Gasteiger charge is -2.31. The first-order valence-corrected chi connectivity index (χ1v) is 8.82. The molecule has 0 bridgehead atoms. The SMILES string of the molecule is N#CC1(NC(=O)COC(=O)Cc2cccc3cccnc23)CCCCC1. The summed E-state index contributed by atoms with van der Waals surface area (Å²) in [5, 5.41) is 13.1. The maximum atomic E-state index is 12.1. The molecule has 134 valence electrons. The molecule has 0 saturated heterocycles. The van der Waals surface area contributed by atoms with Crippen LogP contribution in [-0.4, -0.2) is 29.0 Å². The van der Waals surface area contributed by atoms with Crippen LogP contribution in [0.1, 0.15) is 37.7 Å². The third kappa shape index (κ3) is 4.17. The first-order valence-electron chi connectivity index (χ1n) is 8.82. The maximum Gasteiger partial charge on any atom is 0.310 e. The Morgan fingerprint density at radius 2 is 1.96 bits per heavy atom. The fourth-order valence-electron chi connectivity index (χ4n) is 3.39. The molecule has 0 radical (unpaired) electrons. The van der Waals surface area contributed by atoms with Gasteiger partial charge in [-0.15, -0.1) is 0 Å². The molecule has 0 spiro atoms. The Morgan fingerprint density at radius 3 is 2.73 bits per heavy atom. The topological polar surface area (TPSA) is 92.1 Å². The highest BCUT2D eigenvalue weighted by Crippen LogP contribution is 2.27. The quantitative estimate of drug-likeness (QED) is 0.836. The van der Waals surface area contributed by atoms with Gasteiger partial charge in [-0.2, -0.15) is 5.26 Å². The summed E-state index contributed by atoms with van der Waals surface area (Å²) < 4.78 is 5.10. The summed E-state index contributed by atoms with van der Waals surface area (Å²) >= 11 is 0. The van der Waals surface area contributed by atoms with Gasteiger partial charge in [0.05, 0.1) is 18.0 Å². The third-order valence-electron chi connectivity index (χ3n) is 4.72. The Bertz CT molecular complexity index is 845. The molecule has 0 aliphatic heterocycles. The van der Waals surface area contributed by atoms with Crippen LogP contribution in [0.15, 0.2) is 36.5 Å². The molecule has 1 aromatic carbocycles. The number of ether oxygens (including phenoxy) is 1. The van der Waals surface area contributed by atoms with Gasteiger partial charge < -0.3 is 10.1 Å². The Balaban J connectivity index is 1.55. The van der Waals surface area contributed by atoms with Crippen molar-refractivity contribution in [2.45, 2.75) is 44.1 Å². The fraction of sp³-hybridized carbons (Fsp3) is 0.400. The molecule has 1 aliphatic rings. The highest BCUT2D eigenvalue weighted by Gasteiger charge is 2.33. The van der Waals surface area contributed by atoms with Crippen molar-refractivity contribution in [3.8, 4) is 6.07 Å². The minimum Gasteiger partial charge on any atom is -0.455 e. The van der Waals surface area contributed by atoms with Crippen LogP contribution in [-0.2, 0) is 20.7 Å². The van der Waals surface area contributed by atoms with Crippen LogP contribution in [0.3, 0.4) is 0 Å². The number of carbonyl (C=O) groups excluding carboxylic acids is 2. The van der Waals surface area contributed by atoms with E-state index in [1.807, 2.05) is 30.3 Å². The summed E-state index contributed by atoms with van der Waals surface area (Å²) in [6.45, 7) is -0.375. The molecule has 1 aliphatic carbocycles. The van der Waals surface area contributed by atoms with Crippen molar-refractivity contribution in [2.75, 3.05) is 6.61 Å². The van der Waals surface area contributed by atoms with E-state index in [1.54, 1.807) is 6.20 Å². The van der Waals surface area contributed by atoms with Gasteiger partial charge in [-0.05, 0) is 24.5 Å². The van der Waals surface area contributed by atoms with E-state index in [-0.39, 0.29) is 13.0 Å². The van der Waals surface area contributed by atoms with Crippen molar-refractivity contribution in [1.82, 2.24) is 10.3 Å². The predicted molar refractivity (Wildman–Crippen MR) is 96.0 cm³/mol. The van der Waals surface area contributed by atoms with Gasteiger partial charge in [0.25, 0.3) is 5.91 Å². The highest BCUT2D eigenvalue weighted by molar-refractivity contribution is 5.87. The number of nitriles is 1. The Labute approximate surface area is 152 Å². The number of esters is 1. The van der Waals surface area contributed by atoms with Gasteiger partial charge in [-0.1, -0.05) is 43.5 Å². The van der Waals surface area contributed by atoms with Gasteiger partial charge in [0.2, 0.25) is 0 Å². The lowest BCUT2D eigenvalue weighted by atomic mass is 9.83. The number of hydrogen-bond donors (Lipinski definition) is 1. The van der Waals surface area contributed by atoms with Crippen molar-refractivity contribution in [1.29, 1.82) is 5.26 Å². The fourth-order valence-corrected chi connectivity index (χ4v) is 3.39. The summed E-state index contributed by atoms with van der Waals surface area (Å²) in [6.07, 6.45) is 5.92. The number of pyridine rings is 1. The lowest BCUT2D eigenvalue weighted by Crippen LogP contribution is -2.50. The van der Waals surface area contributed by atoms with E-state index >= 15 is 0 Å². The second-order valence-corrected chi connectivity index (χ2v) is 6.63. The van der Waals surface area contributed by atoms with Crippen molar-refractivity contribution in [2.24, 2.45) is 0 Å². The number of benzene rings is 1. The molecule has 0 atom stereocenters. The average Bonchev–Trinajstić information content (AvgIpc) is 2.67. The summed E-state index contributed by atoms with van der Waals surface area (Å²) in [4.78, 5) is 28.5. The third-order valence-corrected chi connectivity index (χ3v) is 4.72. The molecule has 2 aromatic rings. The molecule has 6 nitrogen and oxygen atoms in total. The second-order valence-electron chi connectivity index (χ2n) is 6.63. The van der Waals surface area contributed by atoms with Gasteiger partial charge in [0, 0.05) is 11.6 Å². The number of nitrogens with zero attached hydrogens (tertiary/aromatic N) is 2. The summed E-state index contributed by atoms with van der Waals surface area (Å²) in [7, 11) is 0. The molecular formula is C20H21N3O3. The average molecular weight is 351 g/mol. The molecule has 1 fully saturated rings. The summed E-state index contributed by atoms with van der Waals surface area (Å²) in [5.74, 6) is -0.925. The van der Waals surface area contributed by atoms with E-state index < -0.39 is 17.4 Å². The minimum atomic E-state index is -0.818. The van der Waals surface area contributed by atoms with E-state index in [0.29, 0.717) is 12.8 Å². The largest absolute Gasteiger partial charge is 0.455 e. The number of rotatable bonds is 5. The van der Waals surface area contributed by atoms with Crippen molar-refractivity contribution in [3.05, 3.63) is 42.1 Å². The molecule has 1 amide bonds. The van der Waals surface area contributed by atoms with Crippen LogP contribution in [0, 0.1) is 11.3 Å². The molecule has 1 heterocycles. The highest BCUT2D eigenvalue weighted by atomic mass is 16.5. The van der Waals surface area contributed by atoms with E-state index in [4.69, 9.17) is 4.74 Å². The smallest absolute Gasteiger partial charge is 0.310 e. The number of hydrogen-bond acceptors (Lipinski definition) is 5. The molecule has 0 unspecified atom stereocenters. The molecule has 1 N–H and O–H groups in total. The van der Waals surface area contributed by atoms with Crippen LogP contribution < -0.4 is 5.32 Å². The van der Waals surface area contributed by atoms with Crippen LogP contribution in [0.2, 0.25) is 0 Å². The normalized spacial score (nSPS) is 15.8. The Morgan fingerprint density at radius 1 is 1.19 bits per heavy atom. The zero-order chi connectivity index (χ0) is 18.4. The van der Waals surface area contributed by atoms with Gasteiger partial charge in [0.15, 0.2) is 6.61 Å². The summed E-state index contributed by atoms with van der Waals surface area (Å²) in [5.41, 5.74) is 0.692. The number of fused-ring (bicyclic) bond motifs is 1. The van der Waals surface area contributed by atoms with Gasteiger partial charge >= 0.3 is 5.97 Å². The molecule has 1 aromatic heterocycles. The molecule has 1 saturated carbocycles. The number of aromatic nitrogens is 1. The van der Waals surface area contributed by atoms with E-state index in [2.05, 4.69) is 16.4 Å². The Hall–Kier alpha value is -2.94. The predicted octanol–water partition coefficient (Wildman–Crippen LogP) is 2.66. The number of nitrogens with one attached hydrogen (secondary N) is 1. The molecule has 3 rings (SSSR count). The molecule has 6 heteroatoms. The zero-order valence-corrected chi connectivity index (χ0v) is 14.5. The number of amides is 1. The molecule has 26 heavy (non-hydrogen) atoms. The Kier molecular flexibility index (Phi) is 5.47. The van der Waals surface area contributed by atoms with Crippen LogP contribution >= 0.6 is 0 Å². The minimum absolute atomic E-state index is 0.0467. The number of carbonyl (C=O) groups is 2. The number of para-hydroxylation sites is 1. The maximum absolute atomic E-state index is 12.1. The van der Waals surface area contributed by atoms with E-state index in [9.17, 15) is 14.9 Å². The zero-order valence-electron chi connectivity index (χ0n) is 14.5. The van der Waals surface area contributed by atoms with Gasteiger partial charge in [0.1, 0.15) is 5.54 Å². The van der Waals surface area contributed by atoms with Crippen molar-refractivity contribution >= 4 is 22.8 Å². The molecular weight excluding hydrogens is 330 g/mol. The van der Waals surface area contributed by atoms with Crippen LogP contribution in [0.25, 0.3) is 10.9 Å². The van der Waals surface area contributed by atoms with Gasteiger partial charge in [-0.3, -0.25) is 14.6 Å². The van der Waals surface area contributed by atoms with Crippen molar-refractivity contribution in [3.63, 3.8) is 0 Å².